The van der Waals surface area contributed by atoms with Gasteiger partial charge in [-0.1, -0.05) is 6.92 Å². The Morgan fingerprint density at radius 1 is 1.55 bits per heavy atom. The third-order valence-corrected chi connectivity index (χ3v) is 3.90. The van der Waals surface area contributed by atoms with Crippen LogP contribution in [-0.2, 0) is 6.42 Å². The molecule has 0 aromatic carbocycles. The van der Waals surface area contributed by atoms with Crippen molar-refractivity contribution in [3.8, 4) is 0 Å². The molecular formula is C15H20N4O3. The molecule has 1 atom stereocenters. The van der Waals surface area contributed by atoms with Crippen LogP contribution >= 0.6 is 0 Å². The maximum Gasteiger partial charge on any atom is 0.266 e. The molecule has 7 heteroatoms. The van der Waals surface area contributed by atoms with Crippen LogP contribution in [0.15, 0.2) is 27.5 Å². The van der Waals surface area contributed by atoms with Crippen molar-refractivity contribution in [2.45, 2.75) is 26.2 Å². The number of aryl methyl sites for hydroxylation is 1. The van der Waals surface area contributed by atoms with Gasteiger partial charge in [0.15, 0.2) is 0 Å². The number of carbonyl (C=O) groups excluding carboxylic acids is 1. The number of anilines is 1. The van der Waals surface area contributed by atoms with Crippen LogP contribution in [0.2, 0.25) is 0 Å². The van der Waals surface area contributed by atoms with Crippen LogP contribution in [0.5, 0.6) is 0 Å². The third kappa shape index (κ3) is 3.29. The predicted octanol–water partition coefficient (Wildman–Crippen LogP) is 1.87. The van der Waals surface area contributed by atoms with E-state index >= 15 is 0 Å². The van der Waals surface area contributed by atoms with Gasteiger partial charge in [0, 0.05) is 26.1 Å². The molecule has 1 aliphatic heterocycles. The zero-order chi connectivity index (χ0) is 15.4. The Labute approximate surface area is 128 Å². The highest BCUT2D eigenvalue weighted by Crippen LogP contribution is 2.20. The molecule has 1 aliphatic rings. The lowest BCUT2D eigenvalue weighted by atomic mass is 9.98. The number of amides is 1. The van der Waals surface area contributed by atoms with Gasteiger partial charge in [0.25, 0.3) is 11.9 Å². The Hall–Kier alpha value is -2.31. The summed E-state index contributed by atoms with van der Waals surface area (Å²) in [5.74, 6) is 1.60. The Kier molecular flexibility index (Phi) is 4.41. The molecule has 2 aromatic rings. The molecule has 1 N–H and O–H groups in total. The fraction of sp³-hybridized carbons (Fsp3) is 0.533. The highest BCUT2D eigenvalue weighted by Gasteiger charge is 2.23. The number of hydrogen-bond acceptors (Lipinski definition) is 6. The Balaban J connectivity index is 1.53. The predicted molar refractivity (Wildman–Crippen MR) is 79.7 cm³/mol. The average Bonchev–Trinajstić information content (AvgIpc) is 3.24. The molecule has 1 unspecified atom stereocenters. The van der Waals surface area contributed by atoms with Crippen molar-refractivity contribution >= 4 is 11.9 Å². The summed E-state index contributed by atoms with van der Waals surface area (Å²) < 4.78 is 10.1. The van der Waals surface area contributed by atoms with Crippen molar-refractivity contribution in [3.05, 3.63) is 30.0 Å². The minimum Gasteiger partial charge on any atom is -0.472 e. The van der Waals surface area contributed by atoms with Gasteiger partial charge in [-0.15, -0.1) is 0 Å². The SMILES string of the molecule is CCc1nc(N2CCCC(CNC(=O)c3ccoc3)C2)no1. The van der Waals surface area contributed by atoms with Gasteiger partial charge in [-0.3, -0.25) is 4.79 Å². The van der Waals surface area contributed by atoms with Crippen LogP contribution < -0.4 is 10.2 Å². The van der Waals surface area contributed by atoms with Gasteiger partial charge in [-0.25, -0.2) is 0 Å². The highest BCUT2D eigenvalue weighted by atomic mass is 16.5. The van der Waals surface area contributed by atoms with Gasteiger partial charge >= 0.3 is 0 Å². The van der Waals surface area contributed by atoms with Gasteiger partial charge in [0.1, 0.15) is 6.26 Å². The third-order valence-electron chi connectivity index (χ3n) is 3.90. The van der Waals surface area contributed by atoms with E-state index in [4.69, 9.17) is 8.94 Å². The lowest BCUT2D eigenvalue weighted by Crippen LogP contribution is -2.41. The highest BCUT2D eigenvalue weighted by molar-refractivity contribution is 5.93. The minimum atomic E-state index is -0.0984. The number of piperidine rings is 1. The van der Waals surface area contributed by atoms with Crippen LogP contribution in [0, 0.1) is 5.92 Å². The largest absolute Gasteiger partial charge is 0.472 e. The fourth-order valence-corrected chi connectivity index (χ4v) is 2.66. The number of furan rings is 1. The number of hydrogen-bond donors (Lipinski definition) is 1. The van der Waals surface area contributed by atoms with E-state index in [1.807, 2.05) is 6.92 Å². The van der Waals surface area contributed by atoms with Crippen molar-refractivity contribution in [3.63, 3.8) is 0 Å². The first kappa shape index (κ1) is 14.6. The van der Waals surface area contributed by atoms with Crippen LogP contribution in [0.3, 0.4) is 0 Å². The second-order valence-electron chi connectivity index (χ2n) is 5.52. The molecular weight excluding hydrogens is 284 g/mol. The van der Waals surface area contributed by atoms with Gasteiger partial charge in [-0.2, -0.15) is 4.98 Å². The molecule has 3 rings (SSSR count). The van der Waals surface area contributed by atoms with Crippen molar-refractivity contribution in [1.82, 2.24) is 15.5 Å². The van der Waals surface area contributed by atoms with E-state index in [-0.39, 0.29) is 5.91 Å². The van der Waals surface area contributed by atoms with E-state index in [2.05, 4.69) is 20.4 Å². The summed E-state index contributed by atoms with van der Waals surface area (Å²) in [6.45, 7) is 4.38. The number of nitrogens with zero attached hydrogens (tertiary/aromatic N) is 3. The normalized spacial score (nSPS) is 18.4. The van der Waals surface area contributed by atoms with Gasteiger partial charge in [0.05, 0.1) is 11.8 Å². The van der Waals surface area contributed by atoms with E-state index < -0.39 is 0 Å². The summed E-state index contributed by atoms with van der Waals surface area (Å²) in [6, 6.07) is 1.66. The van der Waals surface area contributed by atoms with Crippen molar-refractivity contribution in [2.75, 3.05) is 24.5 Å². The molecule has 0 saturated carbocycles. The molecule has 0 aliphatic carbocycles. The molecule has 2 aromatic heterocycles. The monoisotopic (exact) mass is 304 g/mol. The maximum atomic E-state index is 11.9. The lowest BCUT2D eigenvalue weighted by Gasteiger charge is -2.31. The first-order chi connectivity index (χ1) is 10.8. The molecule has 1 saturated heterocycles. The Morgan fingerprint density at radius 2 is 2.45 bits per heavy atom. The van der Waals surface area contributed by atoms with Gasteiger partial charge in [0.2, 0.25) is 5.89 Å². The Morgan fingerprint density at radius 3 is 3.18 bits per heavy atom. The molecule has 1 amide bonds. The summed E-state index contributed by atoms with van der Waals surface area (Å²) in [7, 11) is 0. The summed E-state index contributed by atoms with van der Waals surface area (Å²) >= 11 is 0. The standard InChI is InChI=1S/C15H20N4O3/c1-2-13-17-15(18-22-13)19-6-3-4-11(9-19)8-16-14(20)12-5-7-21-10-12/h5,7,10-11H,2-4,6,8-9H2,1H3,(H,16,20). The molecule has 0 spiro atoms. The van der Waals surface area contributed by atoms with Crippen LogP contribution in [0.4, 0.5) is 5.95 Å². The molecule has 7 nitrogen and oxygen atoms in total. The van der Waals surface area contributed by atoms with Crippen LogP contribution in [0.1, 0.15) is 36.0 Å². The second-order valence-corrected chi connectivity index (χ2v) is 5.52. The first-order valence-electron chi connectivity index (χ1n) is 7.64. The van der Waals surface area contributed by atoms with Crippen LogP contribution in [-0.4, -0.2) is 35.7 Å². The molecule has 3 heterocycles. The molecule has 0 radical (unpaired) electrons. The Bertz CT molecular complexity index is 608. The molecule has 22 heavy (non-hydrogen) atoms. The maximum absolute atomic E-state index is 11.9. The molecule has 1 fully saturated rings. The number of nitrogens with one attached hydrogen (secondary N) is 1. The molecule has 0 bridgehead atoms. The van der Waals surface area contributed by atoms with Crippen LogP contribution in [0.25, 0.3) is 0 Å². The topological polar surface area (TPSA) is 84.4 Å². The number of rotatable bonds is 5. The second kappa shape index (κ2) is 6.64. The zero-order valence-electron chi connectivity index (χ0n) is 12.6. The van der Waals surface area contributed by atoms with Crippen molar-refractivity contribution in [1.29, 1.82) is 0 Å². The van der Waals surface area contributed by atoms with E-state index in [9.17, 15) is 4.79 Å². The summed E-state index contributed by atoms with van der Waals surface area (Å²) in [5, 5.41) is 6.97. The van der Waals surface area contributed by atoms with Crippen molar-refractivity contribution < 1.29 is 13.7 Å². The summed E-state index contributed by atoms with van der Waals surface area (Å²) in [5.41, 5.74) is 0.554. The minimum absolute atomic E-state index is 0.0984. The lowest BCUT2D eigenvalue weighted by molar-refractivity contribution is 0.0945. The van der Waals surface area contributed by atoms with E-state index in [0.29, 0.717) is 29.9 Å². The number of aromatic nitrogens is 2. The average molecular weight is 304 g/mol. The quantitative estimate of drug-likeness (QED) is 0.907. The van der Waals surface area contributed by atoms with E-state index in [1.54, 1.807) is 6.07 Å². The van der Waals surface area contributed by atoms with Crippen molar-refractivity contribution in [2.24, 2.45) is 5.92 Å². The summed E-state index contributed by atoms with van der Waals surface area (Å²) in [4.78, 5) is 18.4. The van der Waals surface area contributed by atoms with Gasteiger partial charge < -0.3 is 19.2 Å². The van der Waals surface area contributed by atoms with Gasteiger partial charge in [-0.05, 0) is 30.0 Å². The molecule has 118 valence electrons. The first-order valence-corrected chi connectivity index (χ1v) is 7.64. The summed E-state index contributed by atoms with van der Waals surface area (Å²) in [6.07, 6.45) is 5.83. The zero-order valence-corrected chi connectivity index (χ0v) is 12.6. The fourth-order valence-electron chi connectivity index (χ4n) is 2.66. The van der Waals surface area contributed by atoms with E-state index in [1.165, 1.54) is 12.5 Å². The smallest absolute Gasteiger partial charge is 0.266 e. The van der Waals surface area contributed by atoms with E-state index in [0.717, 1.165) is 32.4 Å². The number of carbonyl (C=O) groups is 1.